The molecule has 3 rings (SSSR count). The summed E-state index contributed by atoms with van der Waals surface area (Å²) in [6, 6.07) is 12.1. The van der Waals surface area contributed by atoms with Gasteiger partial charge in [0.2, 0.25) is 10.0 Å². The number of aryl methyl sites for hydroxylation is 1. The number of nitrogens with zero attached hydrogens (tertiary/aromatic N) is 1. The van der Waals surface area contributed by atoms with Gasteiger partial charge in [0.05, 0.1) is 10.6 Å². The molecule has 1 aliphatic heterocycles. The van der Waals surface area contributed by atoms with Gasteiger partial charge in [-0.15, -0.1) is 0 Å². The molecule has 0 spiro atoms. The lowest BCUT2D eigenvalue weighted by Crippen LogP contribution is -2.45. The Labute approximate surface area is 171 Å². The number of para-hydroxylation sites is 1. The minimum Gasteiger partial charge on any atom is -0.338 e. The molecular weight excluding hydrogens is 393 g/mol. The van der Waals surface area contributed by atoms with Gasteiger partial charge in [-0.05, 0) is 50.5 Å². The number of hydrogen-bond acceptors (Lipinski definition) is 3. The second kappa shape index (κ2) is 9.37. The van der Waals surface area contributed by atoms with Crippen molar-refractivity contribution in [2.75, 3.05) is 18.4 Å². The highest BCUT2D eigenvalue weighted by Crippen LogP contribution is 2.27. The molecule has 2 aromatic carbocycles. The van der Waals surface area contributed by atoms with E-state index in [0.29, 0.717) is 24.4 Å². The quantitative estimate of drug-likeness (QED) is 0.746. The number of carbonyl (C=O) groups excluding carboxylic acids is 1. The number of carbonyl (C=O) groups is 1. The molecule has 0 aliphatic carbocycles. The van der Waals surface area contributed by atoms with E-state index >= 15 is 0 Å². The number of nitrogens with one attached hydrogen (secondary N) is 2. The number of sulfonamides is 1. The van der Waals surface area contributed by atoms with Crippen LogP contribution in [0.4, 0.5) is 14.9 Å². The summed E-state index contributed by atoms with van der Waals surface area (Å²) in [6.07, 6.45) is 3.02. The summed E-state index contributed by atoms with van der Waals surface area (Å²) in [6.45, 7) is 2.69. The van der Waals surface area contributed by atoms with Crippen molar-refractivity contribution in [3.8, 4) is 0 Å². The van der Waals surface area contributed by atoms with Crippen molar-refractivity contribution in [3.63, 3.8) is 0 Å². The maximum atomic E-state index is 13.6. The SMILES string of the molecule is Cc1ccc(S(=O)(=O)N2CCCCC2CCNC(=O)Nc2ccccc2F)cc1. The summed E-state index contributed by atoms with van der Waals surface area (Å²) < 4.78 is 41.3. The summed E-state index contributed by atoms with van der Waals surface area (Å²) in [4.78, 5) is 12.3. The summed E-state index contributed by atoms with van der Waals surface area (Å²) in [5.41, 5.74) is 1.11. The molecule has 8 heteroatoms. The number of benzene rings is 2. The highest BCUT2D eigenvalue weighted by molar-refractivity contribution is 7.89. The van der Waals surface area contributed by atoms with E-state index in [1.54, 1.807) is 40.7 Å². The molecule has 0 saturated carbocycles. The van der Waals surface area contributed by atoms with Gasteiger partial charge in [0, 0.05) is 19.1 Å². The van der Waals surface area contributed by atoms with E-state index in [0.717, 1.165) is 24.8 Å². The number of amides is 2. The van der Waals surface area contributed by atoms with Gasteiger partial charge in [0.15, 0.2) is 0 Å². The molecule has 1 heterocycles. The highest BCUT2D eigenvalue weighted by Gasteiger charge is 2.33. The van der Waals surface area contributed by atoms with E-state index in [1.807, 2.05) is 6.92 Å². The normalized spacial score (nSPS) is 17.7. The Hall–Kier alpha value is -2.45. The van der Waals surface area contributed by atoms with Crippen molar-refractivity contribution in [2.24, 2.45) is 0 Å². The third-order valence-electron chi connectivity index (χ3n) is 5.09. The molecule has 0 radical (unpaired) electrons. The van der Waals surface area contributed by atoms with E-state index in [-0.39, 0.29) is 11.7 Å². The van der Waals surface area contributed by atoms with Crippen LogP contribution < -0.4 is 10.6 Å². The number of hydrogen-bond donors (Lipinski definition) is 2. The van der Waals surface area contributed by atoms with Crippen molar-refractivity contribution in [2.45, 2.75) is 43.5 Å². The molecule has 1 atom stereocenters. The van der Waals surface area contributed by atoms with Crippen molar-refractivity contribution >= 4 is 21.7 Å². The molecule has 0 bridgehead atoms. The molecule has 1 aliphatic rings. The fourth-order valence-electron chi connectivity index (χ4n) is 3.51. The van der Waals surface area contributed by atoms with Gasteiger partial charge in [-0.1, -0.05) is 36.2 Å². The molecule has 6 nitrogen and oxygen atoms in total. The monoisotopic (exact) mass is 419 g/mol. The maximum Gasteiger partial charge on any atom is 0.319 e. The molecule has 29 heavy (non-hydrogen) atoms. The average Bonchev–Trinajstić information content (AvgIpc) is 2.70. The van der Waals surface area contributed by atoms with Crippen LogP contribution in [0.15, 0.2) is 53.4 Å². The van der Waals surface area contributed by atoms with Gasteiger partial charge in [-0.2, -0.15) is 4.31 Å². The molecule has 2 amide bonds. The molecular formula is C21H26FN3O3S. The second-order valence-corrected chi connectivity index (χ2v) is 9.12. The average molecular weight is 420 g/mol. The van der Waals surface area contributed by atoms with Gasteiger partial charge < -0.3 is 10.6 Å². The molecule has 1 unspecified atom stereocenters. The molecule has 0 aromatic heterocycles. The van der Waals surface area contributed by atoms with E-state index < -0.39 is 21.9 Å². The van der Waals surface area contributed by atoms with Crippen molar-refractivity contribution in [1.29, 1.82) is 0 Å². The summed E-state index contributed by atoms with van der Waals surface area (Å²) >= 11 is 0. The fraction of sp³-hybridized carbons (Fsp3) is 0.381. The minimum atomic E-state index is -3.58. The minimum absolute atomic E-state index is 0.103. The maximum absolute atomic E-state index is 13.6. The first-order chi connectivity index (χ1) is 13.9. The van der Waals surface area contributed by atoms with Gasteiger partial charge >= 0.3 is 6.03 Å². The smallest absolute Gasteiger partial charge is 0.319 e. The van der Waals surface area contributed by atoms with E-state index in [1.165, 1.54) is 12.1 Å². The molecule has 1 fully saturated rings. The lowest BCUT2D eigenvalue weighted by Gasteiger charge is -2.34. The molecule has 1 saturated heterocycles. The first kappa shape index (κ1) is 21.3. The van der Waals surface area contributed by atoms with Crippen LogP contribution in [0.5, 0.6) is 0 Å². The lowest BCUT2D eigenvalue weighted by atomic mass is 10.0. The zero-order valence-electron chi connectivity index (χ0n) is 16.4. The number of piperidine rings is 1. The first-order valence-corrected chi connectivity index (χ1v) is 11.2. The Bertz CT molecular complexity index is 948. The fourth-order valence-corrected chi connectivity index (χ4v) is 5.23. The second-order valence-electron chi connectivity index (χ2n) is 7.23. The van der Waals surface area contributed by atoms with E-state index in [9.17, 15) is 17.6 Å². The highest BCUT2D eigenvalue weighted by atomic mass is 32.2. The zero-order valence-corrected chi connectivity index (χ0v) is 17.2. The van der Waals surface area contributed by atoms with Crippen LogP contribution in [0.1, 0.15) is 31.2 Å². The predicted octanol–water partition coefficient (Wildman–Crippen LogP) is 3.89. The molecule has 2 N–H and O–H groups in total. The summed E-state index contributed by atoms with van der Waals surface area (Å²) in [5.74, 6) is -0.509. The van der Waals surface area contributed by atoms with Gasteiger partial charge in [-0.25, -0.2) is 17.6 Å². The van der Waals surface area contributed by atoms with Crippen LogP contribution in [0.25, 0.3) is 0 Å². The topological polar surface area (TPSA) is 78.5 Å². The number of urea groups is 1. The number of anilines is 1. The Kier molecular flexibility index (Phi) is 6.87. The van der Waals surface area contributed by atoms with Crippen LogP contribution in [0, 0.1) is 12.7 Å². The summed E-state index contributed by atoms with van der Waals surface area (Å²) in [7, 11) is -3.58. The Morgan fingerprint density at radius 1 is 1.14 bits per heavy atom. The van der Waals surface area contributed by atoms with E-state index in [2.05, 4.69) is 10.6 Å². The van der Waals surface area contributed by atoms with Crippen LogP contribution in [0.3, 0.4) is 0 Å². The number of rotatable bonds is 6. The van der Waals surface area contributed by atoms with Crippen LogP contribution in [-0.4, -0.2) is 37.9 Å². The van der Waals surface area contributed by atoms with Gasteiger partial charge in [0.1, 0.15) is 5.82 Å². The Morgan fingerprint density at radius 2 is 1.86 bits per heavy atom. The van der Waals surface area contributed by atoms with Crippen LogP contribution in [0.2, 0.25) is 0 Å². The lowest BCUT2D eigenvalue weighted by molar-refractivity contribution is 0.234. The Morgan fingerprint density at radius 3 is 2.59 bits per heavy atom. The van der Waals surface area contributed by atoms with Crippen LogP contribution >= 0.6 is 0 Å². The molecule has 2 aromatic rings. The number of halogens is 1. The largest absolute Gasteiger partial charge is 0.338 e. The standard InChI is InChI=1S/C21H26FN3O3S/c1-16-9-11-18(12-10-16)29(27,28)25-15-5-4-6-17(25)13-14-23-21(26)24-20-8-3-2-7-19(20)22/h2-3,7-12,17H,4-6,13-15H2,1H3,(H2,23,24,26). The Balaban J connectivity index is 1.59. The van der Waals surface area contributed by atoms with Crippen LogP contribution in [-0.2, 0) is 10.0 Å². The van der Waals surface area contributed by atoms with Crippen molar-refractivity contribution < 1.29 is 17.6 Å². The summed E-state index contributed by atoms with van der Waals surface area (Å²) in [5, 5.41) is 5.15. The van der Waals surface area contributed by atoms with Gasteiger partial charge in [0.25, 0.3) is 0 Å². The predicted molar refractivity (Wildman–Crippen MR) is 111 cm³/mol. The van der Waals surface area contributed by atoms with E-state index in [4.69, 9.17) is 0 Å². The van der Waals surface area contributed by atoms with Crippen molar-refractivity contribution in [1.82, 2.24) is 9.62 Å². The zero-order chi connectivity index (χ0) is 20.9. The van der Waals surface area contributed by atoms with Gasteiger partial charge in [-0.3, -0.25) is 0 Å². The first-order valence-electron chi connectivity index (χ1n) is 9.76. The third kappa shape index (κ3) is 5.33. The van der Waals surface area contributed by atoms with Crippen molar-refractivity contribution in [3.05, 3.63) is 59.9 Å². The molecule has 156 valence electrons. The third-order valence-corrected chi connectivity index (χ3v) is 7.05.